The lowest BCUT2D eigenvalue weighted by molar-refractivity contribution is -0.125. The van der Waals surface area contributed by atoms with Gasteiger partial charge in [0, 0.05) is 17.5 Å². The number of hydrogen-bond acceptors (Lipinski definition) is 4. The molecular weight excluding hydrogens is 332 g/mol. The Labute approximate surface area is 153 Å². The third-order valence-corrected chi connectivity index (χ3v) is 5.26. The molecule has 0 unspecified atom stereocenters. The maximum atomic E-state index is 12.6. The van der Waals surface area contributed by atoms with Crippen molar-refractivity contribution in [2.24, 2.45) is 0 Å². The molecule has 1 amide bonds. The van der Waals surface area contributed by atoms with Crippen LogP contribution < -0.4 is 4.90 Å². The fraction of sp³-hybridized carbons (Fsp3) is 0.400. The highest BCUT2D eigenvalue weighted by molar-refractivity contribution is 7.14. The lowest BCUT2D eigenvalue weighted by Gasteiger charge is -2.24. The summed E-state index contributed by atoms with van der Waals surface area (Å²) in [5.41, 5.74) is 1.94. The van der Waals surface area contributed by atoms with Crippen LogP contribution in [0.4, 0.5) is 5.13 Å². The molecular formula is C20H24N2O2S. The smallest absolute Gasteiger partial charge is 0.255 e. The molecule has 4 nitrogen and oxygen atoms in total. The third-order valence-electron chi connectivity index (χ3n) is 4.40. The molecule has 1 saturated carbocycles. The van der Waals surface area contributed by atoms with E-state index in [0.717, 1.165) is 24.1 Å². The summed E-state index contributed by atoms with van der Waals surface area (Å²) < 4.78 is 5.84. The second kappa shape index (κ2) is 8.92. The third kappa shape index (κ3) is 4.77. The average molecular weight is 356 g/mol. The van der Waals surface area contributed by atoms with E-state index < -0.39 is 0 Å². The Morgan fingerprint density at radius 2 is 2.04 bits per heavy atom. The number of carbonyl (C=O) groups excluding carboxylic acids is 1. The predicted molar refractivity (Wildman–Crippen MR) is 103 cm³/mol. The van der Waals surface area contributed by atoms with Crippen molar-refractivity contribution in [2.45, 2.75) is 38.2 Å². The lowest BCUT2D eigenvalue weighted by atomic mass is 9.98. The molecule has 0 N–H and O–H groups in total. The predicted octanol–water partition coefficient (Wildman–Crippen LogP) is 4.68. The number of rotatable bonds is 7. The molecule has 1 aromatic heterocycles. The Hall–Kier alpha value is -1.98. The number of carbonyl (C=O) groups is 1. The van der Waals surface area contributed by atoms with Gasteiger partial charge in [0.15, 0.2) is 5.13 Å². The Balaban J connectivity index is 1.66. The maximum Gasteiger partial charge on any atom is 0.255 e. The van der Waals surface area contributed by atoms with Crippen LogP contribution in [0.5, 0.6) is 0 Å². The van der Waals surface area contributed by atoms with Gasteiger partial charge in [-0.3, -0.25) is 9.69 Å². The van der Waals surface area contributed by atoms with E-state index in [4.69, 9.17) is 4.74 Å². The number of anilines is 1. The first-order chi connectivity index (χ1) is 12.3. The van der Waals surface area contributed by atoms with Crippen molar-refractivity contribution in [1.29, 1.82) is 0 Å². The van der Waals surface area contributed by atoms with Crippen LogP contribution in [0, 0.1) is 0 Å². The largest absolute Gasteiger partial charge is 0.368 e. The first-order valence-electron chi connectivity index (χ1n) is 8.81. The minimum Gasteiger partial charge on any atom is -0.368 e. The zero-order chi connectivity index (χ0) is 17.5. The molecule has 3 rings (SSSR count). The fourth-order valence-electron chi connectivity index (χ4n) is 3.04. The van der Waals surface area contributed by atoms with Crippen LogP contribution in [-0.4, -0.2) is 30.1 Å². The molecule has 1 aliphatic rings. The van der Waals surface area contributed by atoms with Gasteiger partial charge in [0.1, 0.15) is 6.61 Å². The monoisotopic (exact) mass is 356 g/mol. The minimum absolute atomic E-state index is 0.0561. The van der Waals surface area contributed by atoms with Crippen molar-refractivity contribution in [3.63, 3.8) is 0 Å². The van der Waals surface area contributed by atoms with Crippen molar-refractivity contribution < 1.29 is 9.53 Å². The van der Waals surface area contributed by atoms with E-state index >= 15 is 0 Å². The molecule has 2 aromatic rings. The number of aromatic nitrogens is 1. The van der Waals surface area contributed by atoms with Gasteiger partial charge in [-0.15, -0.1) is 17.9 Å². The van der Waals surface area contributed by atoms with E-state index in [2.05, 4.69) is 11.6 Å². The molecule has 132 valence electrons. The van der Waals surface area contributed by atoms with Crippen LogP contribution in [0.3, 0.4) is 0 Å². The van der Waals surface area contributed by atoms with Crippen LogP contribution in [-0.2, 0) is 9.53 Å². The molecule has 0 atom stereocenters. The molecule has 25 heavy (non-hydrogen) atoms. The molecule has 0 radical (unpaired) electrons. The summed E-state index contributed by atoms with van der Waals surface area (Å²) in [6.45, 7) is 4.31. The molecule has 0 bridgehead atoms. The van der Waals surface area contributed by atoms with E-state index in [9.17, 15) is 4.79 Å². The average Bonchev–Trinajstić information content (AvgIpc) is 3.15. The highest BCUT2D eigenvalue weighted by atomic mass is 32.1. The van der Waals surface area contributed by atoms with Gasteiger partial charge in [-0.1, -0.05) is 55.7 Å². The van der Waals surface area contributed by atoms with Crippen LogP contribution in [0.2, 0.25) is 0 Å². The number of nitrogens with zero attached hydrogens (tertiary/aromatic N) is 2. The summed E-state index contributed by atoms with van der Waals surface area (Å²) in [6, 6.07) is 9.99. The second-order valence-electron chi connectivity index (χ2n) is 6.25. The van der Waals surface area contributed by atoms with Crippen LogP contribution in [0.15, 0.2) is 48.4 Å². The van der Waals surface area contributed by atoms with Crippen molar-refractivity contribution in [1.82, 2.24) is 4.98 Å². The van der Waals surface area contributed by atoms with Crippen LogP contribution >= 0.6 is 11.3 Å². The molecule has 0 saturated heterocycles. The van der Waals surface area contributed by atoms with Gasteiger partial charge in [0.05, 0.1) is 11.8 Å². The first-order valence-corrected chi connectivity index (χ1v) is 9.69. The summed E-state index contributed by atoms with van der Waals surface area (Å²) in [5.74, 6) is -0.0561. The van der Waals surface area contributed by atoms with Gasteiger partial charge >= 0.3 is 0 Å². The van der Waals surface area contributed by atoms with Gasteiger partial charge in [0.25, 0.3) is 5.91 Å². The van der Waals surface area contributed by atoms with E-state index in [1.165, 1.54) is 30.6 Å². The van der Waals surface area contributed by atoms with Gasteiger partial charge in [-0.2, -0.15) is 0 Å². The molecule has 1 fully saturated rings. The molecule has 5 heteroatoms. The fourth-order valence-corrected chi connectivity index (χ4v) is 3.90. The normalized spacial score (nSPS) is 15.0. The van der Waals surface area contributed by atoms with Crippen LogP contribution in [0.25, 0.3) is 11.3 Å². The van der Waals surface area contributed by atoms with E-state index in [1.807, 2.05) is 35.7 Å². The van der Waals surface area contributed by atoms with Gasteiger partial charge < -0.3 is 4.74 Å². The van der Waals surface area contributed by atoms with Crippen molar-refractivity contribution in [3.8, 4) is 11.3 Å². The summed E-state index contributed by atoms with van der Waals surface area (Å²) >= 11 is 1.47. The SMILES string of the molecule is C=CCN(C(=O)COC1CCCCC1)c1nc(-c2ccccc2)cs1. The Bertz CT molecular complexity index is 693. The minimum atomic E-state index is -0.0561. The van der Waals surface area contributed by atoms with E-state index in [-0.39, 0.29) is 18.6 Å². The van der Waals surface area contributed by atoms with Gasteiger partial charge in [-0.25, -0.2) is 4.98 Å². The van der Waals surface area contributed by atoms with Crippen LogP contribution in [0.1, 0.15) is 32.1 Å². The summed E-state index contributed by atoms with van der Waals surface area (Å²) in [7, 11) is 0. The van der Waals surface area contributed by atoms with Gasteiger partial charge in [-0.05, 0) is 12.8 Å². The first kappa shape index (κ1) is 17.8. The summed E-state index contributed by atoms with van der Waals surface area (Å²) in [6.07, 6.45) is 7.73. The molecule has 0 aliphatic heterocycles. The number of ether oxygens (including phenoxy) is 1. The topological polar surface area (TPSA) is 42.4 Å². The van der Waals surface area contributed by atoms with Crippen molar-refractivity contribution in [3.05, 3.63) is 48.4 Å². The van der Waals surface area contributed by atoms with Gasteiger partial charge in [0.2, 0.25) is 0 Å². The number of thiazole rings is 1. The lowest BCUT2D eigenvalue weighted by Crippen LogP contribution is -2.35. The maximum absolute atomic E-state index is 12.6. The Kier molecular flexibility index (Phi) is 6.36. The zero-order valence-electron chi connectivity index (χ0n) is 14.4. The second-order valence-corrected chi connectivity index (χ2v) is 7.08. The van der Waals surface area contributed by atoms with E-state index in [1.54, 1.807) is 11.0 Å². The highest BCUT2D eigenvalue weighted by Crippen LogP contribution is 2.28. The summed E-state index contributed by atoms with van der Waals surface area (Å²) in [4.78, 5) is 18.9. The Morgan fingerprint density at radius 3 is 2.76 bits per heavy atom. The molecule has 1 aromatic carbocycles. The molecule has 1 aliphatic carbocycles. The Morgan fingerprint density at radius 1 is 1.28 bits per heavy atom. The zero-order valence-corrected chi connectivity index (χ0v) is 15.2. The number of amides is 1. The number of hydrogen-bond donors (Lipinski definition) is 0. The van der Waals surface area contributed by atoms with E-state index in [0.29, 0.717) is 11.7 Å². The standard InChI is InChI=1S/C20H24N2O2S/c1-2-13-22(19(23)14-24-17-11-7-4-8-12-17)20-21-18(15-25-20)16-9-5-3-6-10-16/h2-3,5-6,9-10,15,17H,1,4,7-8,11-14H2. The quantitative estimate of drug-likeness (QED) is 0.677. The van der Waals surface area contributed by atoms with Crippen molar-refractivity contribution in [2.75, 3.05) is 18.1 Å². The highest BCUT2D eigenvalue weighted by Gasteiger charge is 2.21. The molecule has 0 spiro atoms. The number of benzene rings is 1. The van der Waals surface area contributed by atoms with Crippen molar-refractivity contribution >= 4 is 22.4 Å². The summed E-state index contributed by atoms with van der Waals surface area (Å²) in [5, 5.41) is 2.67. The molecule has 1 heterocycles.